The maximum absolute atomic E-state index is 12.7. The van der Waals surface area contributed by atoms with Gasteiger partial charge in [0.1, 0.15) is 12.4 Å². The minimum atomic E-state index is -3.59. The molecule has 0 saturated heterocycles. The third-order valence-electron chi connectivity index (χ3n) is 4.77. The van der Waals surface area contributed by atoms with E-state index in [4.69, 9.17) is 4.42 Å². The van der Waals surface area contributed by atoms with E-state index < -0.39 is 34.2 Å². The van der Waals surface area contributed by atoms with Crippen LogP contribution >= 0.6 is 0 Å². The highest BCUT2D eigenvalue weighted by molar-refractivity contribution is 7.92. The van der Waals surface area contributed by atoms with E-state index >= 15 is 0 Å². The van der Waals surface area contributed by atoms with Gasteiger partial charge >= 0.3 is 6.01 Å². The first-order valence-corrected chi connectivity index (χ1v) is 11.6. The molecule has 1 amide bonds. The first-order valence-electron chi connectivity index (χ1n) is 9.73. The highest BCUT2D eigenvalue weighted by atomic mass is 32.2. The van der Waals surface area contributed by atoms with Crippen LogP contribution in [-0.4, -0.2) is 61.1 Å². The van der Waals surface area contributed by atoms with Crippen molar-refractivity contribution in [1.82, 2.24) is 10.3 Å². The Labute approximate surface area is 176 Å². The van der Waals surface area contributed by atoms with Crippen LogP contribution in [0.5, 0.6) is 0 Å². The number of hydrogen-bond acceptors (Lipinski definition) is 7. The minimum Gasteiger partial charge on any atom is -0.430 e. The van der Waals surface area contributed by atoms with Crippen LogP contribution in [0.2, 0.25) is 0 Å². The van der Waals surface area contributed by atoms with Crippen LogP contribution in [0.15, 0.2) is 41.0 Å². The minimum absolute atomic E-state index is 0.131. The zero-order chi connectivity index (χ0) is 22.3. The molecule has 30 heavy (non-hydrogen) atoms. The number of sulfonamides is 1. The Morgan fingerprint density at radius 1 is 1.27 bits per heavy atom. The lowest BCUT2D eigenvalue weighted by atomic mass is 9.95. The fraction of sp³-hybridized carbons (Fsp3) is 0.500. The fourth-order valence-corrected chi connectivity index (χ4v) is 3.24. The smallest absolute Gasteiger partial charge is 0.311 e. The van der Waals surface area contributed by atoms with Gasteiger partial charge in [-0.3, -0.25) is 4.79 Å². The molecule has 0 spiro atoms. The maximum Gasteiger partial charge on any atom is 0.311 e. The Bertz CT molecular complexity index is 916. The molecule has 0 aliphatic rings. The van der Waals surface area contributed by atoms with Crippen LogP contribution in [0, 0.1) is 0 Å². The summed E-state index contributed by atoms with van der Waals surface area (Å²) in [4.78, 5) is 16.6. The van der Waals surface area contributed by atoms with Crippen molar-refractivity contribution in [1.29, 1.82) is 0 Å². The molecule has 0 aliphatic carbocycles. The monoisotopic (exact) mass is 439 g/mol. The summed E-state index contributed by atoms with van der Waals surface area (Å²) in [6, 6.07) is 8.25. The van der Waals surface area contributed by atoms with Crippen LogP contribution in [-0.2, 0) is 16.4 Å². The fourth-order valence-electron chi connectivity index (χ4n) is 2.87. The van der Waals surface area contributed by atoms with Crippen molar-refractivity contribution in [3.8, 4) is 0 Å². The first kappa shape index (κ1) is 23.8. The van der Waals surface area contributed by atoms with Crippen molar-refractivity contribution in [2.75, 3.05) is 17.6 Å². The summed E-state index contributed by atoms with van der Waals surface area (Å²) >= 11 is 0. The number of nitrogens with zero attached hydrogens (tertiary/aromatic N) is 2. The lowest BCUT2D eigenvalue weighted by Gasteiger charge is -2.27. The molecule has 10 heteroatoms. The van der Waals surface area contributed by atoms with Crippen LogP contribution < -0.4 is 9.62 Å². The number of aliphatic hydroxyl groups excluding tert-OH is 2. The van der Waals surface area contributed by atoms with Gasteiger partial charge in [0.25, 0.3) is 5.91 Å². The Balaban J connectivity index is 2.18. The number of rotatable bonds is 11. The molecule has 0 aliphatic heterocycles. The van der Waals surface area contributed by atoms with Gasteiger partial charge in [0.2, 0.25) is 10.0 Å². The molecule has 1 aromatic carbocycles. The molecular formula is C20H29N3O6S. The van der Waals surface area contributed by atoms with E-state index in [2.05, 4.69) is 10.3 Å². The van der Waals surface area contributed by atoms with Crippen molar-refractivity contribution in [2.24, 2.45) is 0 Å². The average Bonchev–Trinajstić information content (AvgIpc) is 3.20. The molecule has 2 aromatic rings. The number of aromatic nitrogens is 1. The number of anilines is 1. The van der Waals surface area contributed by atoms with Gasteiger partial charge in [0.15, 0.2) is 5.69 Å². The van der Waals surface area contributed by atoms with Crippen LogP contribution in [0.25, 0.3) is 0 Å². The third kappa shape index (κ3) is 6.54. The largest absolute Gasteiger partial charge is 0.430 e. The van der Waals surface area contributed by atoms with Gasteiger partial charge in [0, 0.05) is 7.05 Å². The van der Waals surface area contributed by atoms with E-state index in [0.29, 0.717) is 12.8 Å². The number of nitrogens with one attached hydrogen (secondary N) is 1. The summed E-state index contributed by atoms with van der Waals surface area (Å²) in [5.41, 5.74) is 0.746. The summed E-state index contributed by atoms with van der Waals surface area (Å²) < 4.78 is 29.1. The Morgan fingerprint density at radius 3 is 2.53 bits per heavy atom. The van der Waals surface area contributed by atoms with Gasteiger partial charge in [-0.15, -0.1) is 0 Å². The van der Waals surface area contributed by atoms with Crippen molar-refractivity contribution in [2.45, 2.75) is 50.9 Å². The molecule has 0 radical (unpaired) electrons. The lowest BCUT2D eigenvalue weighted by molar-refractivity contribution is -0.00817. The van der Waals surface area contributed by atoms with Crippen LogP contribution in [0.4, 0.5) is 6.01 Å². The molecule has 1 aromatic heterocycles. The van der Waals surface area contributed by atoms with E-state index in [1.165, 1.54) is 7.05 Å². The maximum atomic E-state index is 12.7. The number of carbonyl (C=O) groups excluding carboxylic acids is 1. The number of amides is 1. The highest BCUT2D eigenvalue weighted by Crippen LogP contribution is 2.17. The standard InChI is InChI=1S/C20H29N3O6S/c1-4-5-11-17(24)18(25)15(12-14-9-7-6-8-10-14)21-19(26)16-13-29-20(22-16)23(2)30(3,27)28/h6-10,13,15,17-18,24-25H,4-5,11-12H2,1-3H3,(H,21,26). The van der Waals surface area contributed by atoms with Crippen LogP contribution in [0.1, 0.15) is 42.2 Å². The molecule has 2 rings (SSSR count). The van der Waals surface area contributed by atoms with Crippen LogP contribution in [0.3, 0.4) is 0 Å². The topological polar surface area (TPSA) is 133 Å². The van der Waals surface area contributed by atoms with Crippen molar-refractivity contribution in [3.63, 3.8) is 0 Å². The molecule has 3 N–H and O–H groups in total. The van der Waals surface area contributed by atoms with Gasteiger partial charge < -0.3 is 19.9 Å². The van der Waals surface area contributed by atoms with Crippen molar-refractivity contribution in [3.05, 3.63) is 47.9 Å². The summed E-state index contributed by atoms with van der Waals surface area (Å²) in [7, 11) is -2.33. The number of hydrogen-bond donors (Lipinski definition) is 3. The zero-order valence-corrected chi connectivity index (χ0v) is 18.2. The molecule has 3 atom stereocenters. The summed E-state index contributed by atoms with van der Waals surface area (Å²) in [6.07, 6.45) is 2.17. The lowest BCUT2D eigenvalue weighted by Crippen LogP contribution is -2.49. The molecule has 0 bridgehead atoms. The number of unbranched alkanes of at least 4 members (excludes halogenated alkanes) is 1. The zero-order valence-electron chi connectivity index (χ0n) is 17.4. The van der Waals surface area contributed by atoms with Gasteiger partial charge in [-0.25, -0.2) is 12.7 Å². The van der Waals surface area contributed by atoms with Gasteiger partial charge in [-0.1, -0.05) is 50.1 Å². The molecule has 1 heterocycles. The predicted molar refractivity (Wildman–Crippen MR) is 113 cm³/mol. The second kappa shape index (κ2) is 10.6. The SMILES string of the molecule is CCCCC(O)C(O)C(Cc1ccccc1)NC(=O)c1coc(N(C)S(C)(=O)=O)n1. The number of aliphatic hydroxyl groups is 2. The Hall–Kier alpha value is -2.43. The van der Waals surface area contributed by atoms with Gasteiger partial charge in [-0.2, -0.15) is 4.98 Å². The first-order chi connectivity index (χ1) is 14.1. The molecule has 0 fully saturated rings. The number of carbonyl (C=O) groups is 1. The Morgan fingerprint density at radius 2 is 1.93 bits per heavy atom. The predicted octanol–water partition coefficient (Wildman–Crippen LogP) is 1.32. The van der Waals surface area contributed by atoms with E-state index in [1.807, 2.05) is 37.3 Å². The van der Waals surface area contributed by atoms with Crippen molar-refractivity contribution < 1.29 is 27.8 Å². The van der Waals surface area contributed by atoms with Gasteiger partial charge in [0.05, 0.1) is 18.4 Å². The summed E-state index contributed by atoms with van der Waals surface area (Å²) in [5.74, 6) is -0.644. The summed E-state index contributed by atoms with van der Waals surface area (Å²) in [5, 5.41) is 23.7. The normalized spacial score (nSPS) is 14.7. The van der Waals surface area contributed by atoms with E-state index in [1.54, 1.807) is 0 Å². The highest BCUT2D eigenvalue weighted by Gasteiger charge is 2.29. The Kier molecular flexibility index (Phi) is 8.39. The van der Waals surface area contributed by atoms with Crippen molar-refractivity contribution >= 4 is 21.9 Å². The van der Waals surface area contributed by atoms with E-state index in [9.17, 15) is 23.4 Å². The average molecular weight is 440 g/mol. The molecule has 9 nitrogen and oxygen atoms in total. The second-order valence-corrected chi connectivity index (χ2v) is 9.23. The van der Waals surface area contributed by atoms with E-state index in [0.717, 1.165) is 35.2 Å². The third-order valence-corrected chi connectivity index (χ3v) is 5.92. The van der Waals surface area contributed by atoms with E-state index in [-0.39, 0.29) is 11.7 Å². The molecular weight excluding hydrogens is 410 g/mol. The molecule has 3 unspecified atom stereocenters. The second-order valence-electron chi connectivity index (χ2n) is 7.22. The quantitative estimate of drug-likeness (QED) is 0.481. The molecule has 0 saturated carbocycles. The number of benzene rings is 1. The number of oxazole rings is 1. The summed E-state index contributed by atoms with van der Waals surface area (Å²) in [6.45, 7) is 1.98. The molecule has 166 valence electrons. The van der Waals surface area contributed by atoms with Gasteiger partial charge in [-0.05, 0) is 18.4 Å².